The Hall–Kier alpha value is -3.58. The summed E-state index contributed by atoms with van der Waals surface area (Å²) in [7, 11) is -3.89. The molecule has 0 bridgehead atoms. The number of esters is 1. The molecule has 0 aliphatic rings. The summed E-state index contributed by atoms with van der Waals surface area (Å²) in [6, 6.07) is 19.1. The lowest BCUT2D eigenvalue weighted by Crippen LogP contribution is -2.12. The first-order chi connectivity index (χ1) is 13.9. The van der Waals surface area contributed by atoms with E-state index in [1.54, 1.807) is 42.5 Å². The van der Waals surface area contributed by atoms with Gasteiger partial charge >= 0.3 is 5.97 Å². The van der Waals surface area contributed by atoms with Crippen LogP contribution >= 0.6 is 0 Å². The molecule has 146 valence electrons. The number of aryl methyl sites for hydroxylation is 1. The normalized spacial score (nSPS) is 11.5. The van der Waals surface area contributed by atoms with Gasteiger partial charge in [0.15, 0.2) is 0 Å². The molecule has 0 spiro atoms. The first-order valence-corrected chi connectivity index (χ1v) is 10.2. The maximum absolute atomic E-state index is 13.1. The molecule has 0 saturated heterocycles. The highest BCUT2D eigenvalue weighted by Crippen LogP contribution is 2.33. The number of phenolic OH excluding ortho intramolecular Hbond substituents is 1. The van der Waals surface area contributed by atoms with E-state index >= 15 is 0 Å². The molecule has 29 heavy (non-hydrogen) atoms. The van der Waals surface area contributed by atoms with Crippen LogP contribution < -0.4 is 4.74 Å². The van der Waals surface area contributed by atoms with Crippen LogP contribution in [-0.4, -0.2) is 23.5 Å². The maximum atomic E-state index is 13.1. The zero-order chi connectivity index (χ0) is 20.6. The molecule has 4 rings (SSSR count). The summed E-state index contributed by atoms with van der Waals surface area (Å²) in [6.07, 6.45) is 1.36. The van der Waals surface area contributed by atoms with Crippen molar-refractivity contribution in [2.24, 2.45) is 0 Å². The van der Waals surface area contributed by atoms with Gasteiger partial charge in [-0.1, -0.05) is 35.9 Å². The van der Waals surface area contributed by atoms with Crippen LogP contribution in [0.4, 0.5) is 0 Å². The van der Waals surface area contributed by atoms with Crippen LogP contribution in [0.15, 0.2) is 83.9 Å². The SMILES string of the molecule is Cc1ccc(S(=O)(=O)n2ccc3c(O)cc(OC(=O)c4ccccc4)cc32)cc1. The zero-order valence-corrected chi connectivity index (χ0v) is 16.3. The average molecular weight is 407 g/mol. The van der Waals surface area contributed by atoms with E-state index in [4.69, 9.17) is 4.74 Å². The molecule has 0 fully saturated rings. The number of hydrogen-bond donors (Lipinski definition) is 1. The lowest BCUT2D eigenvalue weighted by Gasteiger charge is -2.10. The van der Waals surface area contributed by atoms with Crippen LogP contribution in [0.25, 0.3) is 10.9 Å². The fourth-order valence-electron chi connectivity index (χ4n) is 3.01. The van der Waals surface area contributed by atoms with E-state index in [0.29, 0.717) is 10.9 Å². The summed E-state index contributed by atoms with van der Waals surface area (Å²) in [5.74, 6) is -0.747. The van der Waals surface area contributed by atoms with Crippen molar-refractivity contribution in [3.8, 4) is 11.5 Å². The van der Waals surface area contributed by atoms with Gasteiger partial charge in [-0.15, -0.1) is 0 Å². The summed E-state index contributed by atoms with van der Waals surface area (Å²) in [6.45, 7) is 1.87. The van der Waals surface area contributed by atoms with Gasteiger partial charge in [-0.05, 0) is 37.3 Å². The molecule has 1 N–H and O–H groups in total. The molecule has 0 amide bonds. The van der Waals surface area contributed by atoms with Gasteiger partial charge in [-0.25, -0.2) is 17.2 Å². The van der Waals surface area contributed by atoms with Crippen molar-refractivity contribution < 1.29 is 23.1 Å². The average Bonchev–Trinajstić information content (AvgIpc) is 3.14. The molecule has 3 aromatic carbocycles. The molecule has 4 aromatic rings. The molecule has 0 radical (unpaired) electrons. The Morgan fingerprint density at radius 2 is 1.66 bits per heavy atom. The Morgan fingerprint density at radius 1 is 0.966 bits per heavy atom. The Kier molecular flexibility index (Phi) is 4.60. The van der Waals surface area contributed by atoms with Gasteiger partial charge in [-0.2, -0.15) is 0 Å². The number of aromatic nitrogens is 1. The molecule has 0 unspecified atom stereocenters. The predicted molar refractivity (Wildman–Crippen MR) is 109 cm³/mol. The number of carbonyl (C=O) groups excluding carboxylic acids is 1. The molecule has 1 aromatic heterocycles. The van der Waals surface area contributed by atoms with Gasteiger partial charge < -0.3 is 9.84 Å². The highest BCUT2D eigenvalue weighted by Gasteiger charge is 2.21. The quantitative estimate of drug-likeness (QED) is 0.406. The fraction of sp³-hybridized carbons (Fsp3) is 0.0455. The smallest absolute Gasteiger partial charge is 0.343 e. The predicted octanol–water partition coefficient (Wildman–Crippen LogP) is 4.11. The molecular formula is C22H17NO5S. The monoisotopic (exact) mass is 407 g/mol. The molecule has 6 nitrogen and oxygen atoms in total. The van der Waals surface area contributed by atoms with Crippen LogP contribution in [0.2, 0.25) is 0 Å². The van der Waals surface area contributed by atoms with E-state index < -0.39 is 16.0 Å². The third-order valence-corrected chi connectivity index (χ3v) is 6.23. The van der Waals surface area contributed by atoms with Crippen LogP contribution in [-0.2, 0) is 10.0 Å². The first-order valence-electron chi connectivity index (χ1n) is 8.80. The summed E-state index contributed by atoms with van der Waals surface area (Å²) in [5.41, 5.74) is 1.49. The van der Waals surface area contributed by atoms with Gasteiger partial charge in [0.2, 0.25) is 0 Å². The molecule has 0 aliphatic carbocycles. The van der Waals surface area contributed by atoms with Crippen molar-refractivity contribution in [3.05, 3.63) is 90.1 Å². The van der Waals surface area contributed by atoms with Gasteiger partial charge in [0.05, 0.1) is 16.0 Å². The second-order valence-corrected chi connectivity index (χ2v) is 8.38. The zero-order valence-electron chi connectivity index (χ0n) is 15.4. The van der Waals surface area contributed by atoms with Crippen molar-refractivity contribution in [2.45, 2.75) is 11.8 Å². The molecular weight excluding hydrogens is 390 g/mol. The number of carbonyl (C=O) groups is 1. The minimum atomic E-state index is -3.89. The van der Waals surface area contributed by atoms with E-state index in [0.717, 1.165) is 9.54 Å². The number of hydrogen-bond acceptors (Lipinski definition) is 5. The number of benzene rings is 3. The number of aromatic hydroxyl groups is 1. The molecule has 7 heteroatoms. The highest BCUT2D eigenvalue weighted by molar-refractivity contribution is 7.90. The number of ether oxygens (including phenoxy) is 1. The fourth-order valence-corrected chi connectivity index (χ4v) is 4.34. The van der Waals surface area contributed by atoms with E-state index in [1.165, 1.54) is 36.5 Å². The van der Waals surface area contributed by atoms with Crippen molar-refractivity contribution in [3.63, 3.8) is 0 Å². The van der Waals surface area contributed by atoms with Crippen molar-refractivity contribution in [1.29, 1.82) is 0 Å². The van der Waals surface area contributed by atoms with Crippen LogP contribution in [0.5, 0.6) is 11.5 Å². The van der Waals surface area contributed by atoms with Gasteiger partial charge in [-0.3, -0.25) is 0 Å². The number of fused-ring (bicyclic) bond motifs is 1. The molecule has 0 aliphatic heterocycles. The number of rotatable bonds is 4. The summed E-state index contributed by atoms with van der Waals surface area (Å²) in [4.78, 5) is 12.4. The summed E-state index contributed by atoms with van der Waals surface area (Å²) < 4.78 is 32.5. The first kappa shape index (κ1) is 18.8. The van der Waals surface area contributed by atoms with E-state index in [1.807, 2.05) is 6.92 Å². The topological polar surface area (TPSA) is 85.6 Å². The number of nitrogens with zero attached hydrogens (tertiary/aromatic N) is 1. The van der Waals surface area contributed by atoms with E-state index in [9.17, 15) is 18.3 Å². The second kappa shape index (κ2) is 7.10. The summed E-state index contributed by atoms with van der Waals surface area (Å²) >= 11 is 0. The minimum absolute atomic E-state index is 0.0444. The van der Waals surface area contributed by atoms with Crippen molar-refractivity contribution in [2.75, 3.05) is 0 Å². The van der Waals surface area contributed by atoms with Crippen LogP contribution in [0.3, 0.4) is 0 Å². The molecule has 0 saturated carbocycles. The van der Waals surface area contributed by atoms with Crippen molar-refractivity contribution in [1.82, 2.24) is 3.97 Å². The maximum Gasteiger partial charge on any atom is 0.343 e. The summed E-state index contributed by atoms with van der Waals surface area (Å²) in [5, 5.41) is 10.7. The molecule has 0 atom stereocenters. The number of phenols is 1. The van der Waals surface area contributed by atoms with E-state index in [2.05, 4.69) is 0 Å². The highest BCUT2D eigenvalue weighted by atomic mass is 32.2. The van der Waals surface area contributed by atoms with Crippen LogP contribution in [0.1, 0.15) is 15.9 Å². The Balaban J connectivity index is 1.77. The standard InChI is InChI=1S/C22H17NO5S/c1-15-7-9-18(10-8-15)29(26,27)23-12-11-19-20(23)13-17(14-21(19)24)28-22(25)16-5-3-2-4-6-16/h2-14,24H,1H3. The van der Waals surface area contributed by atoms with Gasteiger partial charge in [0.1, 0.15) is 11.5 Å². The molecule has 1 heterocycles. The lowest BCUT2D eigenvalue weighted by atomic mass is 10.2. The second-order valence-electron chi connectivity index (χ2n) is 6.56. The van der Waals surface area contributed by atoms with Gasteiger partial charge in [0.25, 0.3) is 10.0 Å². The lowest BCUT2D eigenvalue weighted by molar-refractivity contribution is 0.0735. The Bertz CT molecular complexity index is 1310. The van der Waals surface area contributed by atoms with E-state index in [-0.39, 0.29) is 21.9 Å². The van der Waals surface area contributed by atoms with Crippen molar-refractivity contribution >= 4 is 26.9 Å². The Morgan fingerprint density at radius 3 is 2.34 bits per heavy atom. The largest absolute Gasteiger partial charge is 0.507 e. The van der Waals surface area contributed by atoms with Crippen LogP contribution in [0, 0.1) is 6.92 Å². The Labute approximate surface area is 167 Å². The third kappa shape index (κ3) is 3.48. The minimum Gasteiger partial charge on any atom is -0.507 e. The van der Waals surface area contributed by atoms with Gasteiger partial charge in [0, 0.05) is 23.7 Å². The third-order valence-electron chi connectivity index (χ3n) is 4.52.